The third-order valence-electron chi connectivity index (χ3n) is 5.38. The van der Waals surface area contributed by atoms with Gasteiger partial charge in [0.15, 0.2) is 5.65 Å². The van der Waals surface area contributed by atoms with Gasteiger partial charge in [-0.3, -0.25) is 0 Å². The highest BCUT2D eigenvalue weighted by molar-refractivity contribution is 9.10. The second kappa shape index (κ2) is 9.98. The van der Waals surface area contributed by atoms with Gasteiger partial charge in [-0.2, -0.15) is 9.61 Å². The minimum atomic E-state index is -3.60. The highest BCUT2D eigenvalue weighted by atomic mass is 79.9. The van der Waals surface area contributed by atoms with E-state index in [9.17, 15) is 8.42 Å². The first-order chi connectivity index (χ1) is 17.0. The van der Waals surface area contributed by atoms with E-state index in [-0.39, 0.29) is 4.90 Å². The molecule has 178 valence electrons. The topological polar surface area (TPSA) is 106 Å². The first-order valence-corrected chi connectivity index (χ1v) is 13.2. The molecule has 2 N–H and O–H groups in total. The molecule has 0 atom stereocenters. The smallest absolute Gasteiger partial charge is 0.240 e. The molecule has 0 amide bonds. The number of rotatable bonds is 9. The van der Waals surface area contributed by atoms with Crippen LogP contribution in [-0.4, -0.2) is 39.1 Å². The lowest BCUT2D eigenvalue weighted by Crippen LogP contribution is -2.25. The van der Waals surface area contributed by atoms with Crippen molar-refractivity contribution in [2.24, 2.45) is 0 Å². The molecule has 2 aromatic carbocycles. The second-order valence-electron chi connectivity index (χ2n) is 7.82. The number of fused-ring (bicyclic) bond motifs is 1. The molecule has 0 bridgehead atoms. The molecular weight excluding hydrogens is 530 g/mol. The highest BCUT2D eigenvalue weighted by Gasteiger charge is 2.15. The zero-order chi connectivity index (χ0) is 24.3. The fourth-order valence-electron chi connectivity index (χ4n) is 3.62. The van der Waals surface area contributed by atoms with Crippen molar-refractivity contribution in [3.05, 3.63) is 90.1 Å². The maximum Gasteiger partial charge on any atom is 0.240 e. The maximum atomic E-state index is 12.7. The maximum absolute atomic E-state index is 12.7. The Balaban J connectivity index is 1.32. The third kappa shape index (κ3) is 5.26. The Morgan fingerprint density at radius 2 is 1.83 bits per heavy atom. The van der Waals surface area contributed by atoms with Crippen LogP contribution >= 0.6 is 15.9 Å². The summed E-state index contributed by atoms with van der Waals surface area (Å²) in [6.07, 6.45) is 7.61. The number of hydrogen-bond acceptors (Lipinski definition) is 6. The summed E-state index contributed by atoms with van der Waals surface area (Å²) in [4.78, 5) is 8.91. The molecule has 35 heavy (non-hydrogen) atoms. The Kier molecular flexibility index (Phi) is 6.62. The van der Waals surface area contributed by atoms with E-state index in [1.807, 2.05) is 47.2 Å². The van der Waals surface area contributed by atoms with Gasteiger partial charge in [0.2, 0.25) is 10.0 Å². The summed E-state index contributed by atoms with van der Waals surface area (Å²) >= 11 is 3.51. The number of nitrogens with one attached hydrogen (secondary N) is 2. The zero-order valence-electron chi connectivity index (χ0n) is 18.5. The van der Waals surface area contributed by atoms with Crippen LogP contribution in [0, 0.1) is 0 Å². The van der Waals surface area contributed by atoms with E-state index in [0.717, 1.165) is 21.4 Å². The fourth-order valence-corrected chi connectivity index (χ4v) is 5.04. The van der Waals surface area contributed by atoms with E-state index in [0.29, 0.717) is 31.0 Å². The van der Waals surface area contributed by atoms with E-state index in [1.165, 1.54) is 0 Å². The first kappa shape index (κ1) is 23.2. The van der Waals surface area contributed by atoms with Gasteiger partial charge in [-0.15, -0.1) is 0 Å². The Bertz CT molecular complexity index is 1530. The molecule has 0 saturated heterocycles. The molecule has 0 saturated carbocycles. The standard InChI is InChI=1S/C24H22BrN7O2S/c25-21-16-27-32-23(15-22(30-24(21)32)18-5-2-1-3-6-18)29-19-7-9-20(10-8-19)35(33,34)28-11-4-13-31-14-12-26-17-31/h1-3,5-10,12,14-17,28-29H,4,11,13H2. The van der Waals surface area contributed by atoms with E-state index >= 15 is 0 Å². The molecule has 9 nitrogen and oxygen atoms in total. The van der Waals surface area contributed by atoms with E-state index < -0.39 is 10.0 Å². The Morgan fingerprint density at radius 1 is 1.03 bits per heavy atom. The lowest BCUT2D eigenvalue weighted by atomic mass is 10.1. The Labute approximate surface area is 211 Å². The number of aromatic nitrogens is 5. The fraction of sp³-hybridized carbons (Fsp3) is 0.125. The number of halogens is 1. The van der Waals surface area contributed by atoms with Crippen LogP contribution < -0.4 is 10.0 Å². The van der Waals surface area contributed by atoms with Crippen LogP contribution in [0.3, 0.4) is 0 Å². The molecule has 0 spiro atoms. The van der Waals surface area contributed by atoms with Crippen LogP contribution in [0.4, 0.5) is 11.5 Å². The molecule has 0 aliphatic heterocycles. The van der Waals surface area contributed by atoms with Gasteiger partial charge in [0, 0.05) is 42.8 Å². The molecule has 0 unspecified atom stereocenters. The van der Waals surface area contributed by atoms with Crippen LogP contribution in [0.1, 0.15) is 6.42 Å². The van der Waals surface area contributed by atoms with Gasteiger partial charge in [-0.1, -0.05) is 30.3 Å². The number of benzene rings is 2. The summed E-state index contributed by atoms with van der Waals surface area (Å²) in [5.41, 5.74) is 3.17. The van der Waals surface area contributed by atoms with Crippen molar-refractivity contribution >= 4 is 43.1 Å². The average molecular weight is 552 g/mol. The van der Waals surface area contributed by atoms with Crippen LogP contribution in [0.2, 0.25) is 0 Å². The second-order valence-corrected chi connectivity index (χ2v) is 10.4. The molecule has 0 fully saturated rings. The molecule has 3 heterocycles. The molecular formula is C24H22BrN7O2S. The SMILES string of the molecule is O=S(=O)(NCCCn1ccnc1)c1ccc(Nc2cc(-c3ccccc3)nc3c(Br)cnn23)cc1. The molecule has 0 radical (unpaired) electrons. The number of anilines is 2. The van der Waals surface area contributed by atoms with Crippen LogP contribution in [-0.2, 0) is 16.6 Å². The Hall–Kier alpha value is -3.54. The van der Waals surface area contributed by atoms with Gasteiger partial charge in [0.1, 0.15) is 5.82 Å². The number of sulfonamides is 1. The van der Waals surface area contributed by atoms with Crippen molar-refractivity contribution in [2.45, 2.75) is 17.9 Å². The molecule has 3 aromatic heterocycles. The predicted molar refractivity (Wildman–Crippen MR) is 138 cm³/mol. The summed E-state index contributed by atoms with van der Waals surface area (Å²) < 4.78 is 32.4. The molecule has 11 heteroatoms. The third-order valence-corrected chi connectivity index (χ3v) is 7.42. The number of nitrogens with zero attached hydrogens (tertiary/aromatic N) is 5. The van der Waals surface area contributed by atoms with Crippen molar-refractivity contribution in [3.63, 3.8) is 0 Å². The minimum Gasteiger partial charge on any atom is -0.340 e. The summed E-state index contributed by atoms with van der Waals surface area (Å²) in [6.45, 7) is 1.03. The van der Waals surface area contributed by atoms with Crippen LogP contribution in [0.25, 0.3) is 16.9 Å². The lowest BCUT2D eigenvalue weighted by Gasteiger charge is -2.12. The van der Waals surface area contributed by atoms with Crippen molar-refractivity contribution in [3.8, 4) is 11.3 Å². The highest BCUT2D eigenvalue weighted by Crippen LogP contribution is 2.28. The molecule has 0 aliphatic rings. The summed E-state index contributed by atoms with van der Waals surface area (Å²) in [5, 5.41) is 7.73. The van der Waals surface area contributed by atoms with Crippen molar-refractivity contribution < 1.29 is 8.42 Å². The van der Waals surface area contributed by atoms with Gasteiger partial charge in [-0.25, -0.2) is 23.1 Å². The van der Waals surface area contributed by atoms with Gasteiger partial charge in [-0.05, 0) is 46.6 Å². The van der Waals surface area contributed by atoms with Crippen LogP contribution in [0.5, 0.6) is 0 Å². The number of hydrogen-bond donors (Lipinski definition) is 2. The summed E-state index contributed by atoms with van der Waals surface area (Å²) in [7, 11) is -3.60. The van der Waals surface area contributed by atoms with Gasteiger partial charge >= 0.3 is 0 Å². The quantitative estimate of drug-likeness (QED) is 0.262. The molecule has 5 aromatic rings. The van der Waals surface area contributed by atoms with Crippen molar-refractivity contribution in [1.82, 2.24) is 28.9 Å². The average Bonchev–Trinajstić information content (AvgIpc) is 3.53. The van der Waals surface area contributed by atoms with E-state index in [2.05, 4.69) is 36.1 Å². The molecule has 5 rings (SSSR count). The minimum absolute atomic E-state index is 0.206. The molecule has 0 aliphatic carbocycles. The summed E-state index contributed by atoms with van der Waals surface area (Å²) in [6, 6.07) is 18.4. The number of imidazole rings is 1. The zero-order valence-corrected chi connectivity index (χ0v) is 20.9. The number of aryl methyl sites for hydroxylation is 1. The van der Waals surface area contributed by atoms with Crippen LogP contribution in [0.15, 0.2) is 94.9 Å². The lowest BCUT2D eigenvalue weighted by molar-refractivity contribution is 0.570. The largest absolute Gasteiger partial charge is 0.340 e. The van der Waals surface area contributed by atoms with Crippen molar-refractivity contribution in [2.75, 3.05) is 11.9 Å². The normalized spacial score (nSPS) is 11.7. The summed E-state index contributed by atoms with van der Waals surface area (Å²) in [5.74, 6) is 0.702. The first-order valence-electron chi connectivity index (χ1n) is 10.9. The van der Waals surface area contributed by atoms with E-state index in [1.54, 1.807) is 47.5 Å². The van der Waals surface area contributed by atoms with Gasteiger partial charge < -0.3 is 9.88 Å². The van der Waals surface area contributed by atoms with Gasteiger partial charge in [0.05, 0.1) is 27.6 Å². The Morgan fingerprint density at radius 3 is 2.57 bits per heavy atom. The van der Waals surface area contributed by atoms with E-state index in [4.69, 9.17) is 4.98 Å². The predicted octanol–water partition coefficient (Wildman–Crippen LogP) is 4.47. The van der Waals surface area contributed by atoms with Crippen molar-refractivity contribution in [1.29, 1.82) is 0 Å². The monoisotopic (exact) mass is 551 g/mol. The van der Waals surface area contributed by atoms with Gasteiger partial charge in [0.25, 0.3) is 0 Å².